The van der Waals surface area contributed by atoms with E-state index in [0.29, 0.717) is 12.2 Å². The molecule has 0 fully saturated rings. The number of carboxylic acid groups (broad SMARTS) is 1. The zero-order chi connectivity index (χ0) is 9.97. The fourth-order valence-electron chi connectivity index (χ4n) is 1.49. The van der Waals surface area contributed by atoms with Gasteiger partial charge in [-0.05, 0) is 18.1 Å². The number of hydrogen-bond donors (Lipinski definition) is 0. The monoisotopic (exact) mass is 193 g/mol. The molecular weight excluding hydrogens is 184 g/mol. The lowest BCUT2D eigenvalue weighted by Gasteiger charge is -2.28. The standard InChI is InChI=1S/C10H10O4/c11-10(12)14-9-6-5-7-3-1-2-4-8(7)13-9/h1-4,9H,5-6H2,(H,11,12)/p-1. The maximum absolute atomic E-state index is 10.2. The highest BCUT2D eigenvalue weighted by molar-refractivity contribution is 5.54. The molecule has 0 saturated heterocycles. The Hall–Kier alpha value is -1.71. The molecule has 1 aliphatic rings. The second-order valence-electron chi connectivity index (χ2n) is 3.06. The van der Waals surface area contributed by atoms with Crippen molar-refractivity contribution in [2.45, 2.75) is 19.1 Å². The summed E-state index contributed by atoms with van der Waals surface area (Å²) in [4.78, 5) is 10.2. The summed E-state index contributed by atoms with van der Waals surface area (Å²) < 4.78 is 9.73. The predicted molar refractivity (Wildman–Crippen MR) is 45.7 cm³/mol. The lowest BCUT2D eigenvalue weighted by Crippen LogP contribution is -2.34. The smallest absolute Gasteiger partial charge is 0.254 e. The molecule has 0 amide bonds. The van der Waals surface area contributed by atoms with Crippen molar-refractivity contribution in [3.8, 4) is 5.75 Å². The summed E-state index contributed by atoms with van der Waals surface area (Å²) in [5, 5.41) is 10.2. The lowest BCUT2D eigenvalue weighted by atomic mass is 10.1. The summed E-state index contributed by atoms with van der Waals surface area (Å²) in [7, 11) is 0. The highest BCUT2D eigenvalue weighted by Gasteiger charge is 2.17. The molecule has 1 aromatic rings. The Morgan fingerprint density at radius 1 is 1.50 bits per heavy atom. The highest BCUT2D eigenvalue weighted by atomic mass is 16.8. The minimum absolute atomic E-state index is 0.533. The summed E-state index contributed by atoms with van der Waals surface area (Å²) in [6.07, 6.45) is -0.983. The molecule has 14 heavy (non-hydrogen) atoms. The molecule has 0 aromatic heterocycles. The maximum Gasteiger partial charge on any atom is 0.254 e. The van der Waals surface area contributed by atoms with E-state index in [1.165, 1.54) is 0 Å². The van der Waals surface area contributed by atoms with Crippen LogP contribution in [0.5, 0.6) is 5.75 Å². The van der Waals surface area contributed by atoms with Gasteiger partial charge in [-0.25, -0.2) is 0 Å². The van der Waals surface area contributed by atoms with Crippen molar-refractivity contribution in [2.75, 3.05) is 0 Å². The van der Waals surface area contributed by atoms with E-state index in [4.69, 9.17) is 4.74 Å². The van der Waals surface area contributed by atoms with Crippen LogP contribution in [0.4, 0.5) is 4.79 Å². The van der Waals surface area contributed by atoms with Crippen molar-refractivity contribution in [3.05, 3.63) is 29.8 Å². The molecule has 1 aromatic carbocycles. The molecule has 0 N–H and O–H groups in total. The van der Waals surface area contributed by atoms with Gasteiger partial charge in [0.2, 0.25) is 0 Å². The van der Waals surface area contributed by atoms with Crippen LogP contribution in [-0.2, 0) is 11.2 Å². The van der Waals surface area contributed by atoms with E-state index in [-0.39, 0.29) is 0 Å². The SMILES string of the molecule is O=C([O-])OC1CCc2ccccc2O1. The fourth-order valence-corrected chi connectivity index (χ4v) is 1.49. The van der Waals surface area contributed by atoms with E-state index in [0.717, 1.165) is 12.0 Å². The number of rotatable bonds is 1. The Bertz CT molecular complexity index is 348. The molecule has 4 nitrogen and oxygen atoms in total. The van der Waals surface area contributed by atoms with Crippen molar-refractivity contribution < 1.29 is 19.4 Å². The summed E-state index contributed by atoms with van der Waals surface area (Å²) in [5.41, 5.74) is 1.07. The molecule has 0 aliphatic carbocycles. The van der Waals surface area contributed by atoms with Crippen LogP contribution >= 0.6 is 0 Å². The second-order valence-corrected chi connectivity index (χ2v) is 3.06. The topological polar surface area (TPSA) is 58.6 Å². The first-order valence-corrected chi connectivity index (χ1v) is 4.38. The van der Waals surface area contributed by atoms with Crippen molar-refractivity contribution in [3.63, 3.8) is 0 Å². The molecule has 1 unspecified atom stereocenters. The van der Waals surface area contributed by atoms with Gasteiger partial charge in [-0.15, -0.1) is 0 Å². The first-order valence-electron chi connectivity index (χ1n) is 4.38. The van der Waals surface area contributed by atoms with Crippen LogP contribution in [0.3, 0.4) is 0 Å². The summed E-state index contributed by atoms with van der Waals surface area (Å²) in [6.45, 7) is 0. The Morgan fingerprint density at radius 2 is 2.29 bits per heavy atom. The number of aryl methyl sites for hydroxylation is 1. The highest BCUT2D eigenvalue weighted by Crippen LogP contribution is 2.27. The van der Waals surface area contributed by atoms with Crippen molar-refractivity contribution >= 4 is 6.16 Å². The van der Waals surface area contributed by atoms with Crippen molar-refractivity contribution in [2.24, 2.45) is 0 Å². The van der Waals surface area contributed by atoms with Gasteiger partial charge < -0.3 is 19.4 Å². The number of benzene rings is 1. The molecule has 0 saturated carbocycles. The zero-order valence-corrected chi connectivity index (χ0v) is 7.43. The molecule has 0 bridgehead atoms. The third-order valence-corrected chi connectivity index (χ3v) is 2.11. The molecule has 1 heterocycles. The van der Waals surface area contributed by atoms with Gasteiger partial charge in [0.25, 0.3) is 6.16 Å². The summed E-state index contributed by atoms with van der Waals surface area (Å²) >= 11 is 0. The molecule has 4 heteroatoms. The number of carbonyl (C=O) groups excluding carboxylic acids is 1. The lowest BCUT2D eigenvalue weighted by molar-refractivity contribution is -0.297. The van der Waals surface area contributed by atoms with Crippen LogP contribution in [0.2, 0.25) is 0 Å². The molecule has 74 valence electrons. The van der Waals surface area contributed by atoms with Gasteiger partial charge in [-0.1, -0.05) is 18.2 Å². The van der Waals surface area contributed by atoms with Gasteiger partial charge in [-0.2, -0.15) is 0 Å². The van der Waals surface area contributed by atoms with Gasteiger partial charge >= 0.3 is 0 Å². The van der Waals surface area contributed by atoms with Gasteiger partial charge in [0.15, 0.2) is 6.29 Å². The molecule has 1 aliphatic heterocycles. The zero-order valence-electron chi connectivity index (χ0n) is 7.43. The van der Waals surface area contributed by atoms with Crippen LogP contribution in [-0.4, -0.2) is 12.4 Å². The van der Waals surface area contributed by atoms with E-state index < -0.39 is 12.4 Å². The Morgan fingerprint density at radius 3 is 3.07 bits per heavy atom. The maximum atomic E-state index is 10.2. The normalized spacial score (nSPS) is 19.3. The minimum atomic E-state index is -1.55. The number of fused-ring (bicyclic) bond motifs is 1. The minimum Gasteiger partial charge on any atom is -0.511 e. The van der Waals surface area contributed by atoms with Crippen molar-refractivity contribution in [1.29, 1.82) is 0 Å². The molecule has 1 atom stereocenters. The van der Waals surface area contributed by atoms with Crippen LogP contribution < -0.4 is 9.84 Å². The van der Waals surface area contributed by atoms with Crippen molar-refractivity contribution in [1.82, 2.24) is 0 Å². The van der Waals surface area contributed by atoms with E-state index >= 15 is 0 Å². The van der Waals surface area contributed by atoms with E-state index in [2.05, 4.69) is 4.74 Å². The largest absolute Gasteiger partial charge is 0.511 e. The first-order chi connectivity index (χ1) is 6.75. The van der Waals surface area contributed by atoms with E-state index in [1.54, 1.807) is 6.07 Å². The van der Waals surface area contributed by atoms with E-state index in [9.17, 15) is 9.90 Å². The average molecular weight is 193 g/mol. The third kappa shape index (κ3) is 1.79. The predicted octanol–water partition coefficient (Wildman–Crippen LogP) is 0.698. The Balaban J connectivity index is 2.09. The van der Waals surface area contributed by atoms with Gasteiger partial charge in [-0.3, -0.25) is 0 Å². The molecule has 0 radical (unpaired) electrons. The summed E-state index contributed by atoms with van der Waals surface area (Å²) in [6, 6.07) is 7.49. The quantitative estimate of drug-likeness (QED) is 0.616. The van der Waals surface area contributed by atoms with Crippen LogP contribution in [0.25, 0.3) is 0 Å². The van der Waals surface area contributed by atoms with E-state index in [1.807, 2.05) is 18.2 Å². The fraction of sp³-hybridized carbons (Fsp3) is 0.300. The Labute approximate surface area is 81.1 Å². The van der Waals surface area contributed by atoms with Crippen LogP contribution in [0.15, 0.2) is 24.3 Å². The number of ether oxygens (including phenoxy) is 2. The first kappa shape index (κ1) is 8.87. The second kappa shape index (κ2) is 3.57. The van der Waals surface area contributed by atoms with Gasteiger partial charge in [0, 0.05) is 6.42 Å². The molecule has 2 rings (SSSR count). The van der Waals surface area contributed by atoms with Crippen LogP contribution in [0.1, 0.15) is 12.0 Å². The summed E-state index contributed by atoms with van der Waals surface area (Å²) in [5.74, 6) is 0.685. The third-order valence-electron chi connectivity index (χ3n) is 2.11. The van der Waals surface area contributed by atoms with Crippen LogP contribution in [0, 0.1) is 0 Å². The number of hydrogen-bond acceptors (Lipinski definition) is 4. The Kier molecular flexibility index (Phi) is 2.26. The average Bonchev–Trinajstić information content (AvgIpc) is 2.17. The number of carbonyl (C=O) groups is 1. The molecular formula is C10H9O4-. The van der Waals surface area contributed by atoms with Gasteiger partial charge in [0.05, 0.1) is 0 Å². The number of para-hydroxylation sites is 1. The van der Waals surface area contributed by atoms with Gasteiger partial charge in [0.1, 0.15) is 5.75 Å². The molecule has 0 spiro atoms.